The van der Waals surface area contributed by atoms with Crippen LogP contribution in [0, 0.1) is 0 Å². The highest BCUT2D eigenvalue weighted by Gasteiger charge is 2.35. The van der Waals surface area contributed by atoms with Crippen LogP contribution in [0.5, 0.6) is 11.5 Å². The molecule has 2 aromatic rings. The molecule has 1 fully saturated rings. The number of hydrogen-bond acceptors (Lipinski definition) is 7. The van der Waals surface area contributed by atoms with Crippen LogP contribution >= 0.6 is 0 Å². The van der Waals surface area contributed by atoms with Gasteiger partial charge in [0, 0.05) is 63.2 Å². The number of ether oxygens (including phenoxy) is 2. The van der Waals surface area contributed by atoms with Gasteiger partial charge in [0.15, 0.2) is 5.69 Å². The molecule has 1 aliphatic rings. The Morgan fingerprint density at radius 1 is 1.07 bits per heavy atom. The Bertz CT molecular complexity index is 854. The molecule has 1 aromatic carbocycles. The van der Waals surface area contributed by atoms with Crippen LogP contribution in [-0.4, -0.2) is 57.4 Å². The molecule has 2 heterocycles. The molecule has 0 spiro atoms. The number of alkyl halides is 3. The Hall–Kier alpha value is -2.91. The van der Waals surface area contributed by atoms with E-state index in [0.717, 1.165) is 24.6 Å². The summed E-state index contributed by atoms with van der Waals surface area (Å²) in [7, 11) is 6.47. The molecule has 7 nitrogen and oxygen atoms in total. The van der Waals surface area contributed by atoms with Crippen LogP contribution in [0.25, 0.3) is 0 Å². The Morgan fingerprint density at radius 3 is 2.30 bits per heavy atom. The summed E-state index contributed by atoms with van der Waals surface area (Å²) in [5, 5.41) is 3.42. The summed E-state index contributed by atoms with van der Waals surface area (Å²) in [6, 6.07) is 6.46. The third-order valence-electron chi connectivity index (χ3n) is 4.88. The zero-order valence-electron chi connectivity index (χ0n) is 17.5. The van der Waals surface area contributed by atoms with Crippen molar-refractivity contribution >= 4 is 17.5 Å². The minimum absolute atomic E-state index is 0.0107. The van der Waals surface area contributed by atoms with E-state index >= 15 is 0 Å². The number of nitrogens with zero attached hydrogens (tertiary/aromatic N) is 4. The minimum atomic E-state index is -4.53. The monoisotopic (exact) mass is 425 g/mol. The van der Waals surface area contributed by atoms with Gasteiger partial charge in [0.05, 0.1) is 14.2 Å². The maximum absolute atomic E-state index is 13.3. The Morgan fingerprint density at radius 2 is 1.73 bits per heavy atom. The molecule has 1 atom stereocenters. The van der Waals surface area contributed by atoms with Crippen LogP contribution in [0.2, 0.25) is 0 Å². The van der Waals surface area contributed by atoms with E-state index in [9.17, 15) is 13.2 Å². The van der Waals surface area contributed by atoms with Crippen molar-refractivity contribution in [3.05, 3.63) is 30.0 Å². The topological polar surface area (TPSA) is 62.8 Å². The number of anilines is 3. The van der Waals surface area contributed by atoms with E-state index in [-0.39, 0.29) is 17.8 Å². The fourth-order valence-electron chi connectivity index (χ4n) is 3.34. The van der Waals surface area contributed by atoms with Gasteiger partial charge in [0.2, 0.25) is 5.95 Å². The second-order valence-corrected chi connectivity index (χ2v) is 7.33. The minimum Gasteiger partial charge on any atom is -0.497 e. The second kappa shape index (κ2) is 8.85. The molecule has 0 saturated carbocycles. The van der Waals surface area contributed by atoms with Gasteiger partial charge in [0.25, 0.3) is 0 Å². The molecule has 164 valence electrons. The lowest BCUT2D eigenvalue weighted by Gasteiger charge is -2.34. The number of halogens is 3. The highest BCUT2D eigenvalue weighted by Crippen LogP contribution is 2.32. The maximum atomic E-state index is 13.3. The standard InChI is InChI=1S/C20H26F3N5O2/c1-27(2)18-11-17(20(21,22)23)25-19(26-18)28-7-5-6-13(12-28)24-14-8-15(29-3)10-16(9-14)30-4/h8-11,13,24H,5-7,12H2,1-4H3. The van der Waals surface area contributed by atoms with Crippen molar-refractivity contribution in [2.75, 3.05) is 56.5 Å². The predicted molar refractivity (Wildman–Crippen MR) is 110 cm³/mol. The van der Waals surface area contributed by atoms with Crippen LogP contribution in [0.1, 0.15) is 18.5 Å². The van der Waals surface area contributed by atoms with Gasteiger partial charge < -0.3 is 24.6 Å². The molecular weight excluding hydrogens is 399 g/mol. The normalized spacial score (nSPS) is 16.9. The number of rotatable bonds is 6. The molecule has 0 amide bonds. The average Bonchev–Trinajstić information content (AvgIpc) is 2.72. The van der Waals surface area contributed by atoms with Crippen molar-refractivity contribution in [3.8, 4) is 11.5 Å². The summed E-state index contributed by atoms with van der Waals surface area (Å²) >= 11 is 0. The average molecular weight is 425 g/mol. The van der Waals surface area contributed by atoms with E-state index in [4.69, 9.17) is 9.47 Å². The Labute approximate surface area is 173 Å². The number of benzene rings is 1. The lowest BCUT2D eigenvalue weighted by atomic mass is 10.1. The third kappa shape index (κ3) is 5.17. The maximum Gasteiger partial charge on any atom is 0.433 e. The summed E-state index contributed by atoms with van der Waals surface area (Å²) in [4.78, 5) is 11.5. The molecule has 30 heavy (non-hydrogen) atoms. The molecule has 0 bridgehead atoms. The number of hydrogen-bond donors (Lipinski definition) is 1. The summed E-state index contributed by atoms with van der Waals surface area (Å²) in [6.07, 6.45) is -2.86. The zero-order valence-corrected chi connectivity index (χ0v) is 17.5. The summed E-state index contributed by atoms with van der Waals surface area (Å²) in [5.74, 6) is 1.62. The van der Waals surface area contributed by atoms with E-state index in [1.54, 1.807) is 44.2 Å². The first-order valence-corrected chi connectivity index (χ1v) is 9.57. The molecule has 1 saturated heterocycles. The lowest BCUT2D eigenvalue weighted by Crippen LogP contribution is -2.43. The van der Waals surface area contributed by atoms with Gasteiger partial charge in [0.1, 0.15) is 17.3 Å². The largest absolute Gasteiger partial charge is 0.497 e. The van der Waals surface area contributed by atoms with Gasteiger partial charge >= 0.3 is 6.18 Å². The van der Waals surface area contributed by atoms with E-state index in [0.29, 0.717) is 24.6 Å². The quantitative estimate of drug-likeness (QED) is 0.758. The van der Waals surface area contributed by atoms with Gasteiger partial charge in [-0.25, -0.2) is 4.98 Å². The number of aromatic nitrogens is 2. The van der Waals surface area contributed by atoms with Crippen molar-refractivity contribution in [3.63, 3.8) is 0 Å². The van der Waals surface area contributed by atoms with Gasteiger partial charge in [-0.05, 0) is 12.8 Å². The van der Waals surface area contributed by atoms with E-state index in [2.05, 4.69) is 15.3 Å². The Kier molecular flexibility index (Phi) is 6.42. The SMILES string of the molecule is COc1cc(NC2CCCN(c3nc(N(C)C)cc(C(F)(F)F)n3)C2)cc(OC)c1. The van der Waals surface area contributed by atoms with Gasteiger partial charge in [-0.3, -0.25) is 0 Å². The van der Waals surface area contributed by atoms with Crippen LogP contribution in [-0.2, 0) is 6.18 Å². The Balaban J connectivity index is 1.82. The third-order valence-corrected chi connectivity index (χ3v) is 4.88. The van der Waals surface area contributed by atoms with Crippen molar-refractivity contribution in [1.82, 2.24) is 9.97 Å². The van der Waals surface area contributed by atoms with E-state index in [1.807, 2.05) is 12.1 Å². The highest BCUT2D eigenvalue weighted by atomic mass is 19.4. The summed E-state index contributed by atoms with van der Waals surface area (Å²) in [6.45, 7) is 1.07. The first kappa shape index (κ1) is 21.8. The number of piperidine rings is 1. The van der Waals surface area contributed by atoms with Crippen molar-refractivity contribution in [2.45, 2.75) is 25.1 Å². The summed E-state index contributed by atoms with van der Waals surface area (Å²) in [5.41, 5.74) is -0.124. The molecule has 0 radical (unpaired) electrons. The van der Waals surface area contributed by atoms with Crippen LogP contribution in [0.15, 0.2) is 24.3 Å². The molecule has 1 N–H and O–H groups in total. The number of nitrogens with one attached hydrogen (secondary N) is 1. The van der Waals surface area contributed by atoms with Crippen LogP contribution in [0.3, 0.4) is 0 Å². The molecular formula is C20H26F3N5O2. The second-order valence-electron chi connectivity index (χ2n) is 7.33. The van der Waals surface area contributed by atoms with Crippen molar-refractivity contribution in [1.29, 1.82) is 0 Å². The molecule has 1 aromatic heterocycles. The first-order valence-electron chi connectivity index (χ1n) is 9.57. The molecule has 3 rings (SSSR count). The highest BCUT2D eigenvalue weighted by molar-refractivity contribution is 5.55. The predicted octanol–water partition coefficient (Wildman–Crippen LogP) is 3.66. The van der Waals surface area contributed by atoms with E-state index < -0.39 is 11.9 Å². The lowest BCUT2D eigenvalue weighted by molar-refractivity contribution is -0.141. The molecule has 10 heteroatoms. The molecule has 1 aliphatic heterocycles. The van der Waals surface area contributed by atoms with Gasteiger partial charge in [-0.15, -0.1) is 0 Å². The fraction of sp³-hybridized carbons (Fsp3) is 0.500. The smallest absolute Gasteiger partial charge is 0.433 e. The first-order chi connectivity index (χ1) is 14.2. The molecule has 1 unspecified atom stereocenters. The fourth-order valence-corrected chi connectivity index (χ4v) is 3.34. The van der Waals surface area contributed by atoms with Gasteiger partial charge in [-0.2, -0.15) is 18.2 Å². The van der Waals surface area contributed by atoms with Gasteiger partial charge in [-0.1, -0.05) is 0 Å². The zero-order chi connectivity index (χ0) is 21.9. The van der Waals surface area contributed by atoms with Crippen molar-refractivity contribution in [2.24, 2.45) is 0 Å². The van der Waals surface area contributed by atoms with Crippen LogP contribution in [0.4, 0.5) is 30.6 Å². The summed E-state index contributed by atoms with van der Waals surface area (Å²) < 4.78 is 50.6. The molecule has 0 aliphatic carbocycles. The number of methoxy groups -OCH3 is 2. The van der Waals surface area contributed by atoms with E-state index in [1.165, 1.54) is 0 Å². The van der Waals surface area contributed by atoms with Crippen molar-refractivity contribution < 1.29 is 22.6 Å². The van der Waals surface area contributed by atoms with Crippen LogP contribution < -0.4 is 24.6 Å².